The number of alkyl halides is 3. The van der Waals surface area contributed by atoms with Gasteiger partial charge in [-0.2, -0.15) is 18.3 Å². The number of aryl methyl sites for hydroxylation is 1. The fourth-order valence-corrected chi connectivity index (χ4v) is 2.99. The van der Waals surface area contributed by atoms with Crippen molar-refractivity contribution in [3.63, 3.8) is 0 Å². The number of aromatic amines is 1. The summed E-state index contributed by atoms with van der Waals surface area (Å²) < 4.78 is 41.8. The second-order valence-electron chi connectivity index (χ2n) is 6.77. The van der Waals surface area contributed by atoms with E-state index in [2.05, 4.69) is 25.2 Å². The Morgan fingerprint density at radius 2 is 2.11 bits per heavy atom. The van der Waals surface area contributed by atoms with Crippen LogP contribution in [0.2, 0.25) is 5.02 Å². The first-order chi connectivity index (χ1) is 12.6. The standard InChI is InChI=1S/C17H18ClF3N4O2/c1-9-5-14(25-24-9)16(2,10-3-4-10)23-15(26)12-6-13(11(18)7-22-12)27-8-17(19,20)21/h5-7,10H,3-4,8H2,1-2H3,(H,23,26)(H,24,25)/t16-/m1/s1. The first-order valence-corrected chi connectivity index (χ1v) is 8.66. The summed E-state index contributed by atoms with van der Waals surface area (Å²) in [6.07, 6.45) is -1.54. The molecule has 1 atom stereocenters. The van der Waals surface area contributed by atoms with Crippen molar-refractivity contribution in [2.75, 3.05) is 6.61 Å². The molecule has 0 aromatic carbocycles. The number of ether oxygens (including phenoxy) is 1. The maximum absolute atomic E-state index is 12.7. The molecule has 2 aromatic heterocycles. The van der Waals surface area contributed by atoms with Crippen molar-refractivity contribution in [3.8, 4) is 5.75 Å². The molecular weight excluding hydrogens is 385 g/mol. The van der Waals surface area contributed by atoms with Gasteiger partial charge in [0.2, 0.25) is 0 Å². The zero-order valence-corrected chi connectivity index (χ0v) is 15.4. The van der Waals surface area contributed by atoms with Crippen molar-refractivity contribution in [3.05, 3.63) is 40.4 Å². The van der Waals surface area contributed by atoms with E-state index in [9.17, 15) is 18.0 Å². The van der Waals surface area contributed by atoms with E-state index in [1.807, 2.05) is 19.9 Å². The maximum atomic E-state index is 12.7. The molecule has 1 aliphatic carbocycles. The van der Waals surface area contributed by atoms with Crippen LogP contribution in [-0.2, 0) is 5.54 Å². The average Bonchev–Trinajstić information content (AvgIpc) is 3.35. The summed E-state index contributed by atoms with van der Waals surface area (Å²) in [5, 5.41) is 9.92. The molecular formula is C17H18ClF3N4O2. The number of pyridine rings is 1. The van der Waals surface area contributed by atoms with Crippen LogP contribution < -0.4 is 10.1 Å². The normalized spacial score (nSPS) is 16.7. The van der Waals surface area contributed by atoms with Crippen LogP contribution in [0, 0.1) is 12.8 Å². The Labute approximate surface area is 158 Å². The highest BCUT2D eigenvalue weighted by Gasteiger charge is 2.45. The summed E-state index contributed by atoms with van der Waals surface area (Å²) in [7, 11) is 0. The molecule has 0 unspecified atom stereocenters. The van der Waals surface area contributed by atoms with E-state index in [0.29, 0.717) is 5.69 Å². The van der Waals surface area contributed by atoms with Gasteiger partial charge in [0.05, 0.1) is 17.4 Å². The molecule has 2 heterocycles. The number of H-pyrrole nitrogens is 1. The molecule has 0 saturated heterocycles. The zero-order chi connectivity index (χ0) is 19.8. The third-order valence-electron chi connectivity index (χ3n) is 4.45. The van der Waals surface area contributed by atoms with Gasteiger partial charge in [0.25, 0.3) is 5.91 Å². The van der Waals surface area contributed by atoms with Crippen molar-refractivity contribution < 1.29 is 22.7 Å². The van der Waals surface area contributed by atoms with Crippen LogP contribution in [0.25, 0.3) is 0 Å². The number of rotatable bonds is 6. The Bertz CT molecular complexity index is 851. The Kier molecular flexibility index (Phi) is 5.07. The minimum Gasteiger partial charge on any atom is -0.482 e. The quantitative estimate of drug-likeness (QED) is 0.771. The lowest BCUT2D eigenvalue weighted by Gasteiger charge is -2.29. The molecule has 2 N–H and O–H groups in total. The monoisotopic (exact) mass is 402 g/mol. The lowest BCUT2D eigenvalue weighted by molar-refractivity contribution is -0.153. The number of hydrogen-bond donors (Lipinski definition) is 2. The second-order valence-corrected chi connectivity index (χ2v) is 7.18. The van der Waals surface area contributed by atoms with Gasteiger partial charge in [0.15, 0.2) is 6.61 Å². The van der Waals surface area contributed by atoms with Crippen molar-refractivity contribution in [2.24, 2.45) is 5.92 Å². The topological polar surface area (TPSA) is 79.9 Å². The largest absolute Gasteiger partial charge is 0.482 e. The SMILES string of the molecule is Cc1cc([C@](C)(NC(=O)c2cc(OCC(F)(F)F)c(Cl)cn2)C2CC2)n[nH]1. The highest BCUT2D eigenvalue weighted by molar-refractivity contribution is 6.32. The van der Waals surface area contributed by atoms with Crippen LogP contribution in [0.3, 0.4) is 0 Å². The van der Waals surface area contributed by atoms with Crippen molar-refractivity contribution in [1.29, 1.82) is 0 Å². The molecule has 10 heteroatoms. The van der Waals surface area contributed by atoms with Crippen LogP contribution in [-0.4, -0.2) is 33.9 Å². The van der Waals surface area contributed by atoms with E-state index < -0.39 is 24.2 Å². The third kappa shape index (κ3) is 4.52. The summed E-state index contributed by atoms with van der Waals surface area (Å²) in [5.41, 5.74) is 0.753. The summed E-state index contributed by atoms with van der Waals surface area (Å²) >= 11 is 5.82. The van der Waals surface area contributed by atoms with E-state index in [1.54, 1.807) is 0 Å². The Morgan fingerprint density at radius 3 is 2.67 bits per heavy atom. The van der Waals surface area contributed by atoms with Crippen LogP contribution >= 0.6 is 11.6 Å². The number of carbonyl (C=O) groups is 1. The fraction of sp³-hybridized carbons (Fsp3) is 0.471. The van der Waals surface area contributed by atoms with E-state index in [4.69, 9.17) is 11.6 Å². The Hall–Kier alpha value is -2.29. The van der Waals surface area contributed by atoms with Gasteiger partial charge in [-0.25, -0.2) is 4.98 Å². The van der Waals surface area contributed by atoms with Crippen molar-refractivity contribution in [1.82, 2.24) is 20.5 Å². The lowest BCUT2D eigenvalue weighted by Crippen LogP contribution is -2.46. The van der Waals surface area contributed by atoms with E-state index in [1.165, 1.54) is 0 Å². The molecule has 0 bridgehead atoms. The number of amides is 1. The molecule has 1 saturated carbocycles. The molecule has 1 aliphatic rings. The number of hydrogen-bond acceptors (Lipinski definition) is 4. The number of carbonyl (C=O) groups excluding carboxylic acids is 1. The van der Waals surface area contributed by atoms with Crippen LogP contribution in [0.15, 0.2) is 18.3 Å². The maximum Gasteiger partial charge on any atom is 0.422 e. The minimum atomic E-state index is -4.52. The molecule has 27 heavy (non-hydrogen) atoms. The summed E-state index contributed by atoms with van der Waals surface area (Å²) in [6.45, 7) is 2.22. The number of aromatic nitrogens is 3. The second kappa shape index (κ2) is 7.03. The van der Waals surface area contributed by atoms with Gasteiger partial charge < -0.3 is 10.1 Å². The van der Waals surface area contributed by atoms with Crippen molar-refractivity contribution >= 4 is 17.5 Å². The smallest absolute Gasteiger partial charge is 0.422 e. The van der Waals surface area contributed by atoms with E-state index >= 15 is 0 Å². The van der Waals surface area contributed by atoms with Crippen LogP contribution in [0.4, 0.5) is 13.2 Å². The van der Waals surface area contributed by atoms with Gasteiger partial charge in [-0.3, -0.25) is 9.89 Å². The molecule has 0 radical (unpaired) electrons. The zero-order valence-electron chi connectivity index (χ0n) is 14.7. The molecule has 0 spiro atoms. The molecule has 1 fully saturated rings. The van der Waals surface area contributed by atoms with Crippen LogP contribution in [0.1, 0.15) is 41.6 Å². The molecule has 0 aliphatic heterocycles. The molecule has 2 aromatic rings. The first-order valence-electron chi connectivity index (χ1n) is 8.28. The summed E-state index contributed by atoms with van der Waals surface area (Å²) in [5.74, 6) is -0.575. The Balaban J connectivity index is 1.80. The molecule has 3 rings (SSSR count). The third-order valence-corrected chi connectivity index (χ3v) is 4.73. The highest BCUT2D eigenvalue weighted by atomic mass is 35.5. The van der Waals surface area contributed by atoms with E-state index in [-0.39, 0.29) is 22.4 Å². The number of halogens is 4. The molecule has 146 valence electrons. The average molecular weight is 403 g/mol. The predicted molar refractivity (Wildman–Crippen MR) is 91.7 cm³/mol. The van der Waals surface area contributed by atoms with Crippen LogP contribution in [0.5, 0.6) is 5.75 Å². The van der Waals surface area contributed by atoms with Gasteiger partial charge >= 0.3 is 6.18 Å². The minimum absolute atomic E-state index is 0.0873. The number of nitrogens with zero attached hydrogens (tertiary/aromatic N) is 2. The Morgan fingerprint density at radius 1 is 1.41 bits per heavy atom. The first kappa shape index (κ1) is 19.5. The van der Waals surface area contributed by atoms with Gasteiger partial charge in [-0.15, -0.1) is 0 Å². The molecule has 6 nitrogen and oxygen atoms in total. The van der Waals surface area contributed by atoms with Gasteiger partial charge in [-0.1, -0.05) is 11.6 Å². The highest BCUT2D eigenvalue weighted by Crippen LogP contribution is 2.45. The van der Waals surface area contributed by atoms with Gasteiger partial charge in [0, 0.05) is 11.8 Å². The fourth-order valence-electron chi connectivity index (χ4n) is 2.83. The van der Waals surface area contributed by atoms with Crippen molar-refractivity contribution in [2.45, 2.75) is 38.4 Å². The van der Waals surface area contributed by atoms with Gasteiger partial charge in [0.1, 0.15) is 16.5 Å². The van der Waals surface area contributed by atoms with Gasteiger partial charge in [-0.05, 0) is 38.7 Å². The summed E-state index contributed by atoms with van der Waals surface area (Å²) in [4.78, 5) is 16.6. The predicted octanol–water partition coefficient (Wildman–Crippen LogP) is 3.76. The summed E-state index contributed by atoms with van der Waals surface area (Å²) in [6, 6.07) is 2.96. The lowest BCUT2D eigenvalue weighted by atomic mass is 9.91. The number of nitrogens with one attached hydrogen (secondary N) is 2. The molecule has 1 amide bonds. The van der Waals surface area contributed by atoms with E-state index in [0.717, 1.165) is 30.8 Å².